The van der Waals surface area contributed by atoms with Crippen molar-refractivity contribution in [2.24, 2.45) is 5.41 Å². The molecule has 156 valence electrons. The van der Waals surface area contributed by atoms with E-state index in [1.54, 1.807) is 7.11 Å². The Morgan fingerprint density at radius 1 is 1.23 bits per heavy atom. The number of ether oxygens (including phenoxy) is 1. The molecule has 1 aliphatic heterocycles. The number of methoxy groups -OCH3 is 1. The second-order valence-corrected chi connectivity index (χ2v) is 8.78. The summed E-state index contributed by atoms with van der Waals surface area (Å²) >= 11 is 0. The number of hydrogen-bond donors (Lipinski definition) is 1. The first-order valence-corrected chi connectivity index (χ1v) is 9.83. The molecule has 0 bridgehead atoms. The van der Waals surface area contributed by atoms with Gasteiger partial charge in [-0.2, -0.15) is 5.10 Å². The van der Waals surface area contributed by atoms with Gasteiger partial charge < -0.3 is 14.4 Å². The average molecular weight is 407 g/mol. The molecule has 0 fully saturated rings. The number of carboxylic acids is 1. The second-order valence-electron chi connectivity index (χ2n) is 8.78. The number of pyridine rings is 1. The molecule has 1 N–H and O–H groups in total. The van der Waals surface area contributed by atoms with E-state index in [4.69, 9.17) is 9.84 Å². The van der Waals surface area contributed by atoms with Crippen molar-refractivity contribution in [2.45, 2.75) is 40.3 Å². The summed E-state index contributed by atoms with van der Waals surface area (Å²) in [6.07, 6.45) is 1.47. The van der Waals surface area contributed by atoms with E-state index in [0.29, 0.717) is 12.2 Å². The predicted octanol–water partition coefficient (Wildman–Crippen LogP) is 3.99. The zero-order valence-electron chi connectivity index (χ0n) is 17.8. The lowest BCUT2D eigenvalue weighted by molar-refractivity contribution is 0.0693. The van der Waals surface area contributed by atoms with Crippen LogP contribution in [0.15, 0.2) is 41.3 Å². The van der Waals surface area contributed by atoms with Crippen LogP contribution in [0.4, 0.5) is 0 Å². The highest BCUT2D eigenvalue weighted by Gasteiger charge is 2.34. The fourth-order valence-electron chi connectivity index (χ4n) is 4.14. The minimum atomic E-state index is -1.22. The van der Waals surface area contributed by atoms with Gasteiger partial charge in [0.1, 0.15) is 11.3 Å². The molecule has 1 atom stereocenters. The van der Waals surface area contributed by atoms with E-state index >= 15 is 0 Å². The lowest BCUT2D eigenvalue weighted by Gasteiger charge is -2.38. The quantitative estimate of drug-likeness (QED) is 0.709. The molecule has 0 saturated heterocycles. The van der Waals surface area contributed by atoms with Crippen molar-refractivity contribution in [3.8, 4) is 28.4 Å². The number of benzene rings is 1. The topological polar surface area (TPSA) is 86.3 Å². The highest BCUT2D eigenvalue weighted by molar-refractivity contribution is 5.87. The van der Waals surface area contributed by atoms with Gasteiger partial charge in [0.25, 0.3) is 0 Å². The first-order valence-electron chi connectivity index (χ1n) is 9.83. The second kappa shape index (κ2) is 6.86. The van der Waals surface area contributed by atoms with E-state index in [1.165, 1.54) is 12.3 Å². The Kier molecular flexibility index (Phi) is 4.56. The first-order chi connectivity index (χ1) is 14.1. The molecule has 0 amide bonds. The average Bonchev–Trinajstić information content (AvgIpc) is 3.09. The zero-order chi connectivity index (χ0) is 21.8. The summed E-state index contributed by atoms with van der Waals surface area (Å²) in [4.78, 5) is 24.0. The molecule has 0 aliphatic carbocycles. The summed E-state index contributed by atoms with van der Waals surface area (Å²) < 4.78 is 9.38. The van der Waals surface area contributed by atoms with E-state index in [1.807, 2.05) is 40.4 Å². The zero-order valence-corrected chi connectivity index (χ0v) is 17.8. The molecule has 2 aromatic heterocycles. The summed E-state index contributed by atoms with van der Waals surface area (Å²) in [6.45, 7) is 8.87. The number of aryl methyl sites for hydroxylation is 1. The Morgan fingerprint density at radius 3 is 2.60 bits per heavy atom. The van der Waals surface area contributed by atoms with Crippen LogP contribution in [0.3, 0.4) is 0 Å². The van der Waals surface area contributed by atoms with Gasteiger partial charge in [-0.1, -0.05) is 32.9 Å². The summed E-state index contributed by atoms with van der Waals surface area (Å²) in [5.41, 5.74) is 3.25. The summed E-state index contributed by atoms with van der Waals surface area (Å²) in [7, 11) is 1.63. The highest BCUT2D eigenvalue weighted by atomic mass is 16.5. The van der Waals surface area contributed by atoms with Crippen molar-refractivity contribution in [2.75, 3.05) is 7.11 Å². The molecule has 3 aromatic rings. The van der Waals surface area contributed by atoms with E-state index in [0.717, 1.165) is 28.3 Å². The number of hydrogen-bond acceptors (Lipinski definition) is 4. The van der Waals surface area contributed by atoms with Crippen LogP contribution in [0.5, 0.6) is 5.75 Å². The van der Waals surface area contributed by atoms with Gasteiger partial charge in [-0.15, -0.1) is 0 Å². The SMILES string of the molecule is COc1cccc(C)c1-c1cc2n(n1)C[C@@H](C(C)(C)C)n1cc(C(=O)O)c(=O)cc1-2. The largest absolute Gasteiger partial charge is 0.496 e. The van der Waals surface area contributed by atoms with Crippen molar-refractivity contribution >= 4 is 5.97 Å². The smallest absolute Gasteiger partial charge is 0.341 e. The monoisotopic (exact) mass is 407 g/mol. The lowest BCUT2D eigenvalue weighted by Crippen LogP contribution is -2.35. The van der Waals surface area contributed by atoms with Gasteiger partial charge in [0.15, 0.2) is 5.43 Å². The summed E-state index contributed by atoms with van der Waals surface area (Å²) in [5, 5.41) is 14.3. The Hall–Kier alpha value is -3.35. The molecule has 1 aliphatic rings. The molecule has 7 heteroatoms. The molecule has 7 nitrogen and oxygen atoms in total. The van der Waals surface area contributed by atoms with Gasteiger partial charge in [-0.3, -0.25) is 9.48 Å². The molecule has 0 radical (unpaired) electrons. The molecular formula is C23H25N3O4. The van der Waals surface area contributed by atoms with Gasteiger partial charge >= 0.3 is 5.97 Å². The van der Waals surface area contributed by atoms with Gasteiger partial charge in [0.2, 0.25) is 0 Å². The lowest BCUT2D eigenvalue weighted by atomic mass is 9.85. The van der Waals surface area contributed by atoms with Crippen molar-refractivity contribution in [1.29, 1.82) is 0 Å². The summed E-state index contributed by atoms with van der Waals surface area (Å²) in [5.74, 6) is -0.483. The van der Waals surface area contributed by atoms with Crippen molar-refractivity contribution < 1.29 is 14.6 Å². The van der Waals surface area contributed by atoms with Crippen LogP contribution in [0, 0.1) is 12.3 Å². The maximum Gasteiger partial charge on any atom is 0.341 e. The number of fused-ring (bicyclic) bond motifs is 3. The van der Waals surface area contributed by atoms with E-state index in [9.17, 15) is 14.7 Å². The van der Waals surface area contributed by atoms with Crippen LogP contribution in [0.2, 0.25) is 0 Å². The van der Waals surface area contributed by atoms with Gasteiger partial charge in [-0.05, 0) is 30.0 Å². The van der Waals surface area contributed by atoms with Crippen LogP contribution in [0.25, 0.3) is 22.6 Å². The number of carboxylic acid groups (broad SMARTS) is 1. The molecule has 4 rings (SSSR count). The Balaban J connectivity index is 1.97. The van der Waals surface area contributed by atoms with Crippen LogP contribution >= 0.6 is 0 Å². The molecule has 30 heavy (non-hydrogen) atoms. The van der Waals surface area contributed by atoms with Crippen LogP contribution in [-0.4, -0.2) is 32.5 Å². The Bertz CT molecular complexity index is 1210. The third-order valence-electron chi connectivity index (χ3n) is 5.74. The third-order valence-corrected chi connectivity index (χ3v) is 5.74. The van der Waals surface area contributed by atoms with Gasteiger partial charge in [-0.25, -0.2) is 4.79 Å². The molecule has 3 heterocycles. The number of rotatable bonds is 3. The van der Waals surface area contributed by atoms with Crippen molar-refractivity contribution in [1.82, 2.24) is 14.3 Å². The van der Waals surface area contributed by atoms with Crippen LogP contribution in [-0.2, 0) is 6.54 Å². The fraction of sp³-hybridized carbons (Fsp3) is 0.348. The van der Waals surface area contributed by atoms with E-state index < -0.39 is 11.4 Å². The van der Waals surface area contributed by atoms with Crippen LogP contribution < -0.4 is 10.2 Å². The molecule has 0 unspecified atom stereocenters. The Morgan fingerprint density at radius 2 is 1.97 bits per heavy atom. The van der Waals surface area contributed by atoms with Crippen molar-refractivity contribution in [3.63, 3.8) is 0 Å². The van der Waals surface area contributed by atoms with Crippen molar-refractivity contribution in [3.05, 3.63) is 57.9 Å². The number of aromatic nitrogens is 3. The minimum Gasteiger partial charge on any atom is -0.496 e. The third kappa shape index (κ3) is 3.10. The van der Waals surface area contributed by atoms with E-state index in [-0.39, 0.29) is 17.0 Å². The number of nitrogens with zero attached hydrogens (tertiary/aromatic N) is 3. The maximum atomic E-state index is 12.5. The fourth-order valence-corrected chi connectivity index (χ4v) is 4.14. The number of carbonyl (C=O) groups is 1. The minimum absolute atomic E-state index is 0.0646. The highest BCUT2D eigenvalue weighted by Crippen LogP contribution is 2.41. The summed E-state index contributed by atoms with van der Waals surface area (Å²) in [6, 6.07) is 9.13. The Labute approximate surface area is 174 Å². The van der Waals surface area contributed by atoms with Crippen LogP contribution in [0.1, 0.15) is 42.7 Å². The molecular weight excluding hydrogens is 382 g/mol. The van der Waals surface area contributed by atoms with E-state index in [2.05, 4.69) is 20.8 Å². The maximum absolute atomic E-state index is 12.5. The molecule has 0 saturated carbocycles. The standard InChI is InChI=1S/C23H25N3O4/c1-13-7-6-8-19(30-5)21(13)15-9-17-16-10-18(27)14(22(28)29)11-25(16)20(23(2,3)4)12-26(17)24-15/h6-11,20H,12H2,1-5H3,(H,28,29)/t20-/m0/s1. The first kappa shape index (κ1) is 19.9. The molecule has 0 spiro atoms. The number of aromatic carboxylic acids is 1. The molecule has 1 aromatic carbocycles. The normalized spacial score (nSPS) is 15.4. The van der Waals surface area contributed by atoms with Gasteiger partial charge in [0, 0.05) is 17.8 Å². The predicted molar refractivity (Wildman–Crippen MR) is 114 cm³/mol. The van der Waals surface area contributed by atoms with Gasteiger partial charge in [0.05, 0.1) is 36.8 Å².